The Kier molecular flexibility index (Phi) is 7.67. The van der Waals surface area contributed by atoms with Crippen LogP contribution in [0.25, 0.3) is 11.0 Å². The molecule has 0 saturated heterocycles. The molecule has 0 spiro atoms. The summed E-state index contributed by atoms with van der Waals surface area (Å²) in [4.78, 5) is 16.9. The number of carbonyl (C=O) groups is 1. The van der Waals surface area contributed by atoms with E-state index in [9.17, 15) is 4.79 Å². The van der Waals surface area contributed by atoms with Gasteiger partial charge in [0.1, 0.15) is 5.82 Å². The van der Waals surface area contributed by atoms with Crippen molar-refractivity contribution in [1.82, 2.24) is 14.9 Å². The van der Waals surface area contributed by atoms with Crippen LogP contribution in [0.3, 0.4) is 0 Å². The van der Waals surface area contributed by atoms with Crippen molar-refractivity contribution in [2.24, 2.45) is 5.41 Å². The summed E-state index contributed by atoms with van der Waals surface area (Å²) < 4.78 is 2.40. The fraction of sp³-hybridized carbons (Fsp3) is 0.462. The first-order valence-corrected chi connectivity index (χ1v) is 11.2. The third-order valence-electron chi connectivity index (χ3n) is 5.47. The minimum absolute atomic E-state index is 0.128. The van der Waals surface area contributed by atoms with Crippen LogP contribution in [0.15, 0.2) is 54.6 Å². The van der Waals surface area contributed by atoms with E-state index in [1.807, 2.05) is 20.8 Å². The molecule has 30 heavy (non-hydrogen) atoms. The van der Waals surface area contributed by atoms with Crippen molar-refractivity contribution in [1.29, 1.82) is 0 Å². The van der Waals surface area contributed by atoms with Gasteiger partial charge in [-0.1, -0.05) is 69.7 Å². The molecule has 0 atom stereocenters. The summed E-state index contributed by atoms with van der Waals surface area (Å²) in [6.45, 7) is 7.59. The first-order valence-electron chi connectivity index (χ1n) is 11.2. The number of nitrogens with one attached hydrogen (secondary N) is 1. The van der Waals surface area contributed by atoms with Crippen molar-refractivity contribution in [3.8, 4) is 0 Å². The highest BCUT2D eigenvalue weighted by Gasteiger charge is 2.20. The van der Waals surface area contributed by atoms with E-state index in [2.05, 4.69) is 64.5 Å². The van der Waals surface area contributed by atoms with Gasteiger partial charge >= 0.3 is 0 Å². The van der Waals surface area contributed by atoms with Crippen molar-refractivity contribution in [2.45, 2.75) is 65.8 Å². The van der Waals surface area contributed by atoms with E-state index in [4.69, 9.17) is 4.98 Å². The van der Waals surface area contributed by atoms with Gasteiger partial charge < -0.3 is 9.88 Å². The molecule has 1 amide bonds. The number of aromatic nitrogens is 2. The molecule has 4 heteroatoms. The third kappa shape index (κ3) is 6.19. The van der Waals surface area contributed by atoms with Gasteiger partial charge in [0.15, 0.2) is 0 Å². The molecule has 2 aromatic carbocycles. The van der Waals surface area contributed by atoms with Crippen molar-refractivity contribution < 1.29 is 4.79 Å². The molecular weight excluding hydrogens is 370 g/mol. The second-order valence-electron chi connectivity index (χ2n) is 9.07. The molecule has 3 aromatic rings. The monoisotopic (exact) mass is 405 g/mol. The molecule has 0 aliphatic carbocycles. The van der Waals surface area contributed by atoms with Crippen LogP contribution in [-0.4, -0.2) is 22.0 Å². The molecule has 1 aromatic heterocycles. The number of hydrogen-bond donors (Lipinski definition) is 1. The summed E-state index contributed by atoms with van der Waals surface area (Å²) in [6, 6.07) is 19.1. The van der Waals surface area contributed by atoms with Crippen molar-refractivity contribution in [3.63, 3.8) is 0 Å². The molecule has 3 rings (SSSR count). The van der Waals surface area contributed by atoms with Crippen molar-refractivity contribution >= 4 is 16.9 Å². The Bertz CT molecular complexity index is 938. The van der Waals surface area contributed by atoms with Gasteiger partial charge in [-0.05, 0) is 43.4 Å². The number of carbonyl (C=O) groups excluding carboxylic acids is 1. The Morgan fingerprint density at radius 2 is 1.63 bits per heavy atom. The maximum atomic E-state index is 11.9. The quantitative estimate of drug-likeness (QED) is 0.450. The Labute approximate surface area is 180 Å². The van der Waals surface area contributed by atoms with Gasteiger partial charge in [0.25, 0.3) is 0 Å². The number of benzene rings is 2. The average molecular weight is 406 g/mol. The van der Waals surface area contributed by atoms with Gasteiger partial charge in [0, 0.05) is 24.9 Å². The van der Waals surface area contributed by atoms with E-state index in [0.717, 1.165) is 57.1 Å². The number of unbranched alkanes of at least 4 members (excludes halogenated alkanes) is 2. The molecule has 1 N–H and O–H groups in total. The van der Waals surface area contributed by atoms with Crippen LogP contribution in [0.4, 0.5) is 0 Å². The topological polar surface area (TPSA) is 46.9 Å². The summed E-state index contributed by atoms with van der Waals surface area (Å²) in [5.74, 6) is 1.31. The van der Waals surface area contributed by atoms with E-state index >= 15 is 0 Å². The average Bonchev–Trinajstić information content (AvgIpc) is 3.08. The first-order chi connectivity index (χ1) is 14.4. The number of amides is 1. The van der Waals surface area contributed by atoms with Crippen LogP contribution in [0.1, 0.15) is 57.8 Å². The van der Waals surface area contributed by atoms with E-state index in [0.29, 0.717) is 0 Å². The highest BCUT2D eigenvalue weighted by atomic mass is 16.2. The normalized spacial score (nSPS) is 11.7. The molecule has 1 heterocycles. The molecule has 0 saturated carbocycles. The van der Waals surface area contributed by atoms with Crippen LogP contribution in [0.5, 0.6) is 0 Å². The maximum Gasteiger partial charge on any atom is 0.225 e. The van der Waals surface area contributed by atoms with Crippen LogP contribution in [-0.2, 0) is 24.2 Å². The number of hydrogen-bond acceptors (Lipinski definition) is 2. The van der Waals surface area contributed by atoms with E-state index in [-0.39, 0.29) is 11.3 Å². The standard InChI is InChI=1S/C26H35N3O/c1-26(2,3)25(30)27-19-11-5-8-18-24-28-22-16-9-10-17-23(22)29(24)20-12-15-21-13-6-4-7-14-21/h4,6-7,9-10,13-14,16-17H,5,8,11-12,15,18-20H2,1-3H3,(H,27,30). The molecule has 0 radical (unpaired) electrons. The molecule has 0 bridgehead atoms. The smallest absolute Gasteiger partial charge is 0.225 e. The number of imidazole rings is 1. The lowest BCUT2D eigenvalue weighted by Crippen LogP contribution is -2.35. The van der Waals surface area contributed by atoms with Crippen LogP contribution < -0.4 is 5.32 Å². The zero-order valence-electron chi connectivity index (χ0n) is 18.7. The van der Waals surface area contributed by atoms with Gasteiger partial charge in [0.2, 0.25) is 5.91 Å². The van der Waals surface area contributed by atoms with E-state index in [1.165, 1.54) is 16.9 Å². The van der Waals surface area contributed by atoms with Gasteiger partial charge in [-0.3, -0.25) is 4.79 Å². The summed E-state index contributed by atoms with van der Waals surface area (Å²) in [7, 11) is 0. The fourth-order valence-electron chi connectivity index (χ4n) is 3.70. The number of nitrogens with zero attached hydrogens (tertiary/aromatic N) is 2. The minimum Gasteiger partial charge on any atom is -0.356 e. The van der Waals surface area contributed by atoms with Crippen LogP contribution in [0, 0.1) is 5.41 Å². The number of fused-ring (bicyclic) bond motifs is 1. The van der Waals surface area contributed by atoms with Crippen LogP contribution in [0.2, 0.25) is 0 Å². The van der Waals surface area contributed by atoms with Crippen molar-refractivity contribution in [3.05, 3.63) is 66.0 Å². The highest BCUT2D eigenvalue weighted by Crippen LogP contribution is 2.19. The Morgan fingerprint density at radius 1 is 0.900 bits per heavy atom. The minimum atomic E-state index is -0.315. The Morgan fingerprint density at radius 3 is 2.40 bits per heavy atom. The highest BCUT2D eigenvalue weighted by molar-refractivity contribution is 5.81. The number of para-hydroxylation sites is 2. The maximum absolute atomic E-state index is 11.9. The molecule has 0 fully saturated rings. The summed E-state index contributed by atoms with van der Waals surface area (Å²) >= 11 is 0. The second kappa shape index (κ2) is 10.4. The lowest BCUT2D eigenvalue weighted by atomic mass is 9.96. The number of rotatable bonds is 10. The predicted molar refractivity (Wildman–Crippen MR) is 125 cm³/mol. The fourth-order valence-corrected chi connectivity index (χ4v) is 3.70. The molecule has 0 unspecified atom stereocenters. The van der Waals surface area contributed by atoms with Gasteiger partial charge in [0.05, 0.1) is 11.0 Å². The summed E-state index contributed by atoms with van der Waals surface area (Å²) in [5.41, 5.74) is 3.40. The van der Waals surface area contributed by atoms with E-state index in [1.54, 1.807) is 0 Å². The van der Waals surface area contributed by atoms with Crippen LogP contribution >= 0.6 is 0 Å². The lowest BCUT2D eigenvalue weighted by molar-refractivity contribution is -0.128. The largest absolute Gasteiger partial charge is 0.356 e. The Balaban J connectivity index is 1.52. The van der Waals surface area contributed by atoms with Gasteiger partial charge in [-0.15, -0.1) is 0 Å². The first kappa shape index (κ1) is 22.1. The zero-order valence-corrected chi connectivity index (χ0v) is 18.7. The third-order valence-corrected chi connectivity index (χ3v) is 5.47. The predicted octanol–water partition coefficient (Wildman–Crippen LogP) is 5.54. The summed E-state index contributed by atoms with van der Waals surface area (Å²) in [6.07, 6.45) is 6.37. The molecule has 4 nitrogen and oxygen atoms in total. The zero-order chi connectivity index (χ0) is 21.4. The van der Waals surface area contributed by atoms with E-state index < -0.39 is 0 Å². The lowest BCUT2D eigenvalue weighted by Gasteiger charge is -2.17. The number of aryl methyl sites for hydroxylation is 3. The van der Waals surface area contributed by atoms with Gasteiger partial charge in [-0.25, -0.2) is 4.98 Å². The molecule has 0 aliphatic heterocycles. The molecule has 160 valence electrons. The molecular formula is C26H35N3O. The molecule has 0 aliphatic rings. The van der Waals surface area contributed by atoms with Gasteiger partial charge in [-0.2, -0.15) is 0 Å². The SMILES string of the molecule is CC(C)(C)C(=O)NCCCCCc1nc2ccccc2n1CCCc1ccccc1. The second-order valence-corrected chi connectivity index (χ2v) is 9.07. The Hall–Kier alpha value is -2.62. The van der Waals surface area contributed by atoms with Crippen molar-refractivity contribution in [2.75, 3.05) is 6.54 Å². The summed E-state index contributed by atoms with van der Waals surface area (Å²) in [5, 5.41) is 3.04.